The van der Waals surface area contributed by atoms with Crippen molar-refractivity contribution in [2.75, 3.05) is 13.6 Å². The van der Waals surface area contributed by atoms with Crippen LogP contribution in [-0.2, 0) is 16.6 Å². The van der Waals surface area contributed by atoms with Crippen molar-refractivity contribution < 1.29 is 8.42 Å². The zero-order valence-electron chi connectivity index (χ0n) is 12.5. The largest absolute Gasteiger partial charge is 0.313 e. The summed E-state index contributed by atoms with van der Waals surface area (Å²) < 4.78 is 27.0. The van der Waals surface area contributed by atoms with E-state index in [1.165, 1.54) is 0 Å². The van der Waals surface area contributed by atoms with Gasteiger partial charge in [0.1, 0.15) is 0 Å². The van der Waals surface area contributed by atoms with E-state index in [1.54, 1.807) is 11.4 Å². The fraction of sp³-hybridized carbons (Fsp3) is 0.600. The lowest BCUT2D eigenvalue weighted by Crippen LogP contribution is -2.41. The molecule has 1 fully saturated rings. The van der Waals surface area contributed by atoms with Crippen molar-refractivity contribution in [2.45, 2.75) is 50.6 Å². The molecule has 112 valence electrons. The maximum atomic E-state index is 12.7. The highest BCUT2D eigenvalue weighted by atomic mass is 32.2. The van der Waals surface area contributed by atoms with E-state index in [0.29, 0.717) is 11.4 Å². The van der Waals surface area contributed by atoms with Gasteiger partial charge in [-0.3, -0.25) is 0 Å². The fourth-order valence-electron chi connectivity index (χ4n) is 2.40. The number of sulfonamides is 1. The third-order valence-corrected chi connectivity index (χ3v) is 6.13. The molecule has 0 spiro atoms. The van der Waals surface area contributed by atoms with Gasteiger partial charge in [-0.15, -0.1) is 0 Å². The van der Waals surface area contributed by atoms with Gasteiger partial charge in [-0.1, -0.05) is 25.5 Å². The number of aryl methyl sites for hydroxylation is 1. The molecule has 20 heavy (non-hydrogen) atoms. The van der Waals surface area contributed by atoms with Crippen molar-refractivity contribution in [1.82, 2.24) is 9.62 Å². The first-order chi connectivity index (χ1) is 9.46. The topological polar surface area (TPSA) is 49.4 Å². The second-order valence-electron chi connectivity index (χ2n) is 5.49. The van der Waals surface area contributed by atoms with Gasteiger partial charge in [0.15, 0.2) is 0 Å². The Kier molecular flexibility index (Phi) is 4.83. The summed E-state index contributed by atoms with van der Waals surface area (Å²) in [5.74, 6) is 0. The lowest BCUT2D eigenvalue weighted by molar-refractivity contribution is 0.249. The van der Waals surface area contributed by atoms with Gasteiger partial charge >= 0.3 is 0 Å². The molecule has 1 aromatic rings. The summed E-state index contributed by atoms with van der Waals surface area (Å²) in [4.78, 5) is 0.447. The maximum Gasteiger partial charge on any atom is 0.243 e. The zero-order valence-corrected chi connectivity index (χ0v) is 13.3. The number of nitrogens with one attached hydrogen (secondary N) is 1. The van der Waals surface area contributed by atoms with Crippen molar-refractivity contribution in [2.24, 2.45) is 0 Å². The van der Waals surface area contributed by atoms with E-state index < -0.39 is 10.0 Å². The van der Waals surface area contributed by atoms with Crippen molar-refractivity contribution in [3.05, 3.63) is 29.3 Å². The number of rotatable bonds is 6. The molecule has 0 radical (unpaired) electrons. The third-order valence-electron chi connectivity index (χ3n) is 4.08. The van der Waals surface area contributed by atoms with Crippen LogP contribution in [0, 0.1) is 6.92 Å². The number of nitrogens with zero attached hydrogens (tertiary/aromatic N) is 1. The normalized spacial score (nSPS) is 16.4. The molecular formula is C15H24N2O2S. The Morgan fingerprint density at radius 2 is 2.05 bits per heavy atom. The molecule has 0 atom stereocenters. The first-order valence-electron chi connectivity index (χ1n) is 7.25. The SMILES string of the molecule is CCNCc1ccc(C)c(S(=O)(=O)N(C)C2CCC2)c1. The van der Waals surface area contributed by atoms with Crippen LogP contribution >= 0.6 is 0 Å². The Balaban J connectivity index is 2.29. The van der Waals surface area contributed by atoms with E-state index >= 15 is 0 Å². The molecule has 2 rings (SSSR count). The van der Waals surface area contributed by atoms with Crippen LogP contribution in [0.5, 0.6) is 0 Å². The van der Waals surface area contributed by atoms with Crippen LogP contribution in [0.25, 0.3) is 0 Å². The van der Waals surface area contributed by atoms with Gasteiger partial charge in [0.2, 0.25) is 10.0 Å². The van der Waals surface area contributed by atoms with Gasteiger partial charge in [-0.2, -0.15) is 4.31 Å². The lowest BCUT2D eigenvalue weighted by Gasteiger charge is -2.34. The molecule has 4 nitrogen and oxygen atoms in total. The molecule has 0 aliphatic heterocycles. The summed E-state index contributed by atoms with van der Waals surface area (Å²) >= 11 is 0. The molecule has 0 heterocycles. The average Bonchev–Trinajstić information content (AvgIpc) is 2.35. The molecule has 0 bridgehead atoms. The number of benzene rings is 1. The molecular weight excluding hydrogens is 272 g/mol. The van der Waals surface area contributed by atoms with Crippen LogP contribution < -0.4 is 5.32 Å². The third kappa shape index (κ3) is 3.05. The molecule has 1 aromatic carbocycles. The Bertz CT molecular complexity index is 565. The smallest absolute Gasteiger partial charge is 0.243 e. The van der Waals surface area contributed by atoms with Crippen molar-refractivity contribution in [3.63, 3.8) is 0 Å². The Labute approximate surface area is 122 Å². The quantitative estimate of drug-likeness (QED) is 0.876. The van der Waals surface area contributed by atoms with Crippen LogP contribution in [0.1, 0.15) is 37.3 Å². The average molecular weight is 296 g/mol. The van der Waals surface area contributed by atoms with Crippen molar-refractivity contribution in [1.29, 1.82) is 0 Å². The van der Waals surface area contributed by atoms with Crippen LogP contribution in [-0.4, -0.2) is 32.4 Å². The van der Waals surface area contributed by atoms with E-state index in [-0.39, 0.29) is 6.04 Å². The molecule has 1 aliphatic rings. The van der Waals surface area contributed by atoms with Crippen molar-refractivity contribution in [3.8, 4) is 0 Å². The second-order valence-corrected chi connectivity index (χ2v) is 7.45. The van der Waals surface area contributed by atoms with Crippen LogP contribution in [0.2, 0.25) is 0 Å². The van der Waals surface area contributed by atoms with E-state index in [0.717, 1.165) is 36.9 Å². The van der Waals surface area contributed by atoms with Gasteiger partial charge in [-0.25, -0.2) is 8.42 Å². The molecule has 1 aliphatic carbocycles. The van der Waals surface area contributed by atoms with Gasteiger partial charge in [0.25, 0.3) is 0 Å². The molecule has 0 saturated heterocycles. The van der Waals surface area contributed by atoms with Gasteiger partial charge in [0, 0.05) is 19.6 Å². The highest BCUT2D eigenvalue weighted by Crippen LogP contribution is 2.29. The zero-order chi connectivity index (χ0) is 14.8. The lowest BCUT2D eigenvalue weighted by atomic mass is 9.94. The minimum absolute atomic E-state index is 0.178. The standard InChI is InChI=1S/C15H24N2O2S/c1-4-16-11-13-9-8-12(2)15(10-13)20(18,19)17(3)14-6-5-7-14/h8-10,14,16H,4-7,11H2,1-3H3. The van der Waals surface area contributed by atoms with E-state index in [2.05, 4.69) is 5.32 Å². The van der Waals surface area contributed by atoms with Gasteiger partial charge < -0.3 is 5.32 Å². The minimum Gasteiger partial charge on any atom is -0.313 e. The molecule has 1 saturated carbocycles. The maximum absolute atomic E-state index is 12.7. The summed E-state index contributed by atoms with van der Waals surface area (Å²) in [6, 6.07) is 5.87. The molecule has 0 aromatic heterocycles. The Morgan fingerprint density at radius 3 is 2.60 bits per heavy atom. The summed E-state index contributed by atoms with van der Waals surface area (Å²) in [7, 11) is -1.67. The van der Waals surface area contributed by atoms with E-state index in [1.807, 2.05) is 32.0 Å². The van der Waals surface area contributed by atoms with Crippen LogP contribution in [0.4, 0.5) is 0 Å². The fourth-order valence-corrected chi connectivity index (χ4v) is 4.09. The Hall–Kier alpha value is -0.910. The first kappa shape index (κ1) is 15.5. The van der Waals surface area contributed by atoms with Crippen molar-refractivity contribution >= 4 is 10.0 Å². The second kappa shape index (κ2) is 6.24. The summed E-state index contributed by atoms with van der Waals surface area (Å²) in [5.41, 5.74) is 1.83. The van der Waals surface area contributed by atoms with E-state index in [9.17, 15) is 8.42 Å². The highest BCUT2D eigenvalue weighted by molar-refractivity contribution is 7.89. The highest BCUT2D eigenvalue weighted by Gasteiger charge is 2.32. The van der Waals surface area contributed by atoms with Crippen LogP contribution in [0.3, 0.4) is 0 Å². The summed E-state index contributed by atoms with van der Waals surface area (Å²) in [6.07, 6.45) is 3.09. The molecule has 0 amide bonds. The molecule has 1 N–H and O–H groups in total. The predicted molar refractivity (Wildman–Crippen MR) is 81.1 cm³/mol. The number of hydrogen-bond donors (Lipinski definition) is 1. The predicted octanol–water partition coefficient (Wildman–Crippen LogP) is 2.28. The summed E-state index contributed by atoms with van der Waals surface area (Å²) in [5, 5.41) is 3.23. The van der Waals surface area contributed by atoms with Gasteiger partial charge in [0.05, 0.1) is 4.90 Å². The summed E-state index contributed by atoms with van der Waals surface area (Å²) in [6.45, 7) is 5.47. The Morgan fingerprint density at radius 1 is 1.35 bits per heavy atom. The molecule has 0 unspecified atom stereocenters. The first-order valence-corrected chi connectivity index (χ1v) is 8.69. The number of hydrogen-bond acceptors (Lipinski definition) is 3. The van der Waals surface area contributed by atoms with Gasteiger partial charge in [-0.05, 0) is 43.5 Å². The minimum atomic E-state index is -3.37. The monoisotopic (exact) mass is 296 g/mol. The van der Waals surface area contributed by atoms with E-state index in [4.69, 9.17) is 0 Å². The molecule has 5 heteroatoms. The van der Waals surface area contributed by atoms with Crippen LogP contribution in [0.15, 0.2) is 23.1 Å².